The SMILES string of the molecule is CNC(CCCC(C)C)C(C)Oc1cccc(Cl)c1. The van der Waals surface area contributed by atoms with Gasteiger partial charge in [0, 0.05) is 11.1 Å². The molecule has 3 heteroatoms. The highest BCUT2D eigenvalue weighted by Gasteiger charge is 2.17. The van der Waals surface area contributed by atoms with Gasteiger partial charge in [0.1, 0.15) is 11.9 Å². The van der Waals surface area contributed by atoms with E-state index >= 15 is 0 Å². The highest BCUT2D eigenvalue weighted by Crippen LogP contribution is 2.20. The summed E-state index contributed by atoms with van der Waals surface area (Å²) in [5.74, 6) is 1.60. The molecule has 19 heavy (non-hydrogen) atoms. The summed E-state index contributed by atoms with van der Waals surface area (Å²) in [6.07, 6.45) is 3.76. The Labute approximate surface area is 122 Å². The van der Waals surface area contributed by atoms with E-state index in [2.05, 4.69) is 26.1 Å². The van der Waals surface area contributed by atoms with E-state index in [1.165, 1.54) is 12.8 Å². The Balaban J connectivity index is 2.46. The Morgan fingerprint density at radius 1 is 1.21 bits per heavy atom. The molecule has 1 aromatic rings. The number of nitrogens with one attached hydrogen (secondary N) is 1. The molecule has 1 N–H and O–H groups in total. The van der Waals surface area contributed by atoms with Crippen molar-refractivity contribution in [1.29, 1.82) is 0 Å². The first-order valence-corrected chi connectivity index (χ1v) is 7.50. The van der Waals surface area contributed by atoms with Crippen molar-refractivity contribution >= 4 is 11.6 Å². The molecule has 0 radical (unpaired) electrons. The van der Waals surface area contributed by atoms with Gasteiger partial charge in [-0.05, 0) is 44.5 Å². The van der Waals surface area contributed by atoms with Crippen LogP contribution in [0.3, 0.4) is 0 Å². The number of benzene rings is 1. The molecule has 0 spiro atoms. The number of hydrogen-bond acceptors (Lipinski definition) is 2. The fourth-order valence-electron chi connectivity index (χ4n) is 2.20. The van der Waals surface area contributed by atoms with Crippen molar-refractivity contribution < 1.29 is 4.74 Å². The Morgan fingerprint density at radius 2 is 1.95 bits per heavy atom. The monoisotopic (exact) mass is 283 g/mol. The van der Waals surface area contributed by atoms with Gasteiger partial charge in [0.25, 0.3) is 0 Å². The van der Waals surface area contributed by atoms with Crippen molar-refractivity contribution in [2.45, 2.75) is 52.2 Å². The first-order valence-electron chi connectivity index (χ1n) is 7.12. The minimum absolute atomic E-state index is 0.135. The second-order valence-electron chi connectivity index (χ2n) is 5.50. The summed E-state index contributed by atoms with van der Waals surface area (Å²) in [5, 5.41) is 4.07. The van der Waals surface area contributed by atoms with E-state index in [1.54, 1.807) is 0 Å². The zero-order chi connectivity index (χ0) is 14.3. The van der Waals surface area contributed by atoms with Crippen molar-refractivity contribution in [1.82, 2.24) is 5.32 Å². The average Bonchev–Trinajstić information content (AvgIpc) is 2.34. The van der Waals surface area contributed by atoms with Gasteiger partial charge in [-0.3, -0.25) is 0 Å². The lowest BCUT2D eigenvalue weighted by Crippen LogP contribution is -2.39. The molecule has 0 aliphatic heterocycles. The summed E-state index contributed by atoms with van der Waals surface area (Å²) in [7, 11) is 2.00. The molecule has 0 saturated heterocycles. The number of halogens is 1. The second-order valence-corrected chi connectivity index (χ2v) is 5.94. The molecular weight excluding hydrogens is 258 g/mol. The lowest BCUT2D eigenvalue weighted by Gasteiger charge is -2.25. The molecule has 108 valence electrons. The summed E-state index contributed by atoms with van der Waals surface area (Å²) < 4.78 is 5.96. The summed E-state index contributed by atoms with van der Waals surface area (Å²) >= 11 is 5.96. The standard InChI is InChI=1S/C16H26ClNO/c1-12(2)7-5-10-16(18-4)13(3)19-15-9-6-8-14(17)11-15/h6,8-9,11-13,16,18H,5,7,10H2,1-4H3. The molecule has 1 aromatic carbocycles. The molecule has 2 unspecified atom stereocenters. The van der Waals surface area contributed by atoms with Gasteiger partial charge in [0.2, 0.25) is 0 Å². The highest BCUT2D eigenvalue weighted by molar-refractivity contribution is 6.30. The third-order valence-electron chi connectivity index (χ3n) is 3.35. The Kier molecular flexibility index (Phi) is 7.25. The van der Waals surface area contributed by atoms with Crippen LogP contribution in [0, 0.1) is 5.92 Å². The topological polar surface area (TPSA) is 21.3 Å². The first kappa shape index (κ1) is 16.3. The second kappa shape index (κ2) is 8.44. The number of rotatable bonds is 8. The lowest BCUT2D eigenvalue weighted by molar-refractivity contribution is 0.166. The number of hydrogen-bond donors (Lipinski definition) is 1. The van der Waals surface area contributed by atoms with Crippen LogP contribution in [-0.4, -0.2) is 19.2 Å². The van der Waals surface area contributed by atoms with Gasteiger partial charge in [0.05, 0.1) is 0 Å². The van der Waals surface area contributed by atoms with Crippen LogP contribution < -0.4 is 10.1 Å². The molecule has 2 atom stereocenters. The van der Waals surface area contributed by atoms with Crippen LogP contribution in [0.15, 0.2) is 24.3 Å². The van der Waals surface area contributed by atoms with Crippen LogP contribution in [-0.2, 0) is 0 Å². The van der Waals surface area contributed by atoms with Gasteiger partial charge in [-0.1, -0.05) is 44.4 Å². The Bertz CT molecular complexity index is 368. The molecule has 2 nitrogen and oxygen atoms in total. The predicted octanol–water partition coefficient (Wildman–Crippen LogP) is 4.52. The van der Waals surface area contributed by atoms with Crippen molar-refractivity contribution in [3.8, 4) is 5.75 Å². The van der Waals surface area contributed by atoms with E-state index in [1.807, 2.05) is 31.3 Å². The smallest absolute Gasteiger partial charge is 0.121 e. The van der Waals surface area contributed by atoms with E-state index < -0.39 is 0 Å². The zero-order valence-corrected chi connectivity index (χ0v) is 13.2. The predicted molar refractivity (Wildman–Crippen MR) is 83.1 cm³/mol. The van der Waals surface area contributed by atoms with Crippen LogP contribution in [0.1, 0.15) is 40.0 Å². The molecule has 0 fully saturated rings. The molecule has 0 aromatic heterocycles. The van der Waals surface area contributed by atoms with E-state index in [4.69, 9.17) is 16.3 Å². The number of likely N-dealkylation sites (N-methyl/N-ethyl adjacent to an activating group) is 1. The molecule has 1 rings (SSSR count). The van der Waals surface area contributed by atoms with Crippen LogP contribution in [0.5, 0.6) is 5.75 Å². The third kappa shape index (κ3) is 6.31. The van der Waals surface area contributed by atoms with E-state index in [0.29, 0.717) is 11.1 Å². The largest absolute Gasteiger partial charge is 0.489 e. The van der Waals surface area contributed by atoms with Crippen molar-refractivity contribution in [2.24, 2.45) is 5.92 Å². The summed E-state index contributed by atoms with van der Waals surface area (Å²) in [5.41, 5.74) is 0. The minimum atomic E-state index is 0.135. The van der Waals surface area contributed by atoms with E-state index in [0.717, 1.165) is 18.1 Å². The highest BCUT2D eigenvalue weighted by atomic mass is 35.5. The van der Waals surface area contributed by atoms with Gasteiger partial charge in [-0.15, -0.1) is 0 Å². The van der Waals surface area contributed by atoms with Crippen molar-refractivity contribution in [2.75, 3.05) is 7.05 Å². The molecule has 0 bridgehead atoms. The first-order chi connectivity index (χ1) is 9.02. The summed E-state index contributed by atoms with van der Waals surface area (Å²) in [4.78, 5) is 0. The summed E-state index contributed by atoms with van der Waals surface area (Å²) in [6, 6.07) is 7.95. The van der Waals surface area contributed by atoms with E-state index in [9.17, 15) is 0 Å². The Morgan fingerprint density at radius 3 is 2.53 bits per heavy atom. The van der Waals surface area contributed by atoms with E-state index in [-0.39, 0.29) is 6.10 Å². The molecule has 0 aliphatic carbocycles. The molecule has 0 aliphatic rings. The minimum Gasteiger partial charge on any atom is -0.489 e. The van der Waals surface area contributed by atoms with Crippen LogP contribution in [0.4, 0.5) is 0 Å². The van der Waals surface area contributed by atoms with Gasteiger partial charge >= 0.3 is 0 Å². The van der Waals surface area contributed by atoms with Crippen molar-refractivity contribution in [3.05, 3.63) is 29.3 Å². The maximum atomic E-state index is 5.96. The maximum Gasteiger partial charge on any atom is 0.121 e. The average molecular weight is 284 g/mol. The summed E-state index contributed by atoms with van der Waals surface area (Å²) in [6.45, 7) is 6.64. The molecule has 0 saturated carbocycles. The third-order valence-corrected chi connectivity index (χ3v) is 3.59. The fraction of sp³-hybridized carbons (Fsp3) is 0.625. The number of ether oxygens (including phenoxy) is 1. The van der Waals surface area contributed by atoms with Gasteiger partial charge in [0.15, 0.2) is 0 Å². The fourth-order valence-corrected chi connectivity index (χ4v) is 2.38. The van der Waals surface area contributed by atoms with Gasteiger partial charge in [-0.2, -0.15) is 0 Å². The van der Waals surface area contributed by atoms with Crippen LogP contribution >= 0.6 is 11.6 Å². The Hall–Kier alpha value is -0.730. The molecule has 0 amide bonds. The molecule has 0 heterocycles. The quantitative estimate of drug-likeness (QED) is 0.757. The van der Waals surface area contributed by atoms with Crippen molar-refractivity contribution in [3.63, 3.8) is 0 Å². The normalized spacial score (nSPS) is 14.4. The van der Waals surface area contributed by atoms with Gasteiger partial charge < -0.3 is 10.1 Å². The van der Waals surface area contributed by atoms with Crippen LogP contribution in [0.25, 0.3) is 0 Å². The van der Waals surface area contributed by atoms with Crippen LogP contribution in [0.2, 0.25) is 5.02 Å². The zero-order valence-electron chi connectivity index (χ0n) is 12.4. The molecular formula is C16H26ClNO. The van der Waals surface area contributed by atoms with Gasteiger partial charge in [-0.25, -0.2) is 0 Å². The lowest BCUT2D eigenvalue weighted by atomic mass is 10.0. The maximum absolute atomic E-state index is 5.96.